The molecular weight excluding hydrogens is 260 g/mol. The zero-order valence-electron chi connectivity index (χ0n) is 11.8. The predicted octanol–water partition coefficient (Wildman–Crippen LogP) is 0.580. The van der Waals surface area contributed by atoms with Crippen LogP contribution in [-0.4, -0.2) is 71.2 Å². The van der Waals surface area contributed by atoms with Gasteiger partial charge in [-0.1, -0.05) is 0 Å². The first-order valence-corrected chi connectivity index (χ1v) is 7.48. The van der Waals surface area contributed by atoms with E-state index < -0.39 is 23.8 Å². The van der Waals surface area contributed by atoms with Crippen LogP contribution in [0.3, 0.4) is 0 Å². The lowest BCUT2D eigenvalue weighted by molar-refractivity contribution is -0.157. The Kier molecular flexibility index (Phi) is 5.37. The molecule has 0 saturated carbocycles. The number of carboxylic acids is 2. The standard InChI is InChI=1S/C14H24N2O4/c17-13(18)11-4-9-16(10-12(11)14(19)20)8-3-7-15-5-1-2-6-15/h11-12H,1-10H2,(H,17,18)(H,19,20). The summed E-state index contributed by atoms with van der Waals surface area (Å²) in [6, 6.07) is 0. The molecule has 0 aliphatic carbocycles. The van der Waals surface area contributed by atoms with Crippen molar-refractivity contribution in [3.05, 3.63) is 0 Å². The van der Waals surface area contributed by atoms with E-state index in [1.54, 1.807) is 0 Å². The summed E-state index contributed by atoms with van der Waals surface area (Å²) in [4.78, 5) is 26.8. The number of nitrogens with zero attached hydrogens (tertiary/aromatic N) is 2. The molecule has 6 nitrogen and oxygen atoms in total. The van der Waals surface area contributed by atoms with Gasteiger partial charge in [0.2, 0.25) is 0 Å². The average molecular weight is 284 g/mol. The maximum atomic E-state index is 11.2. The molecule has 0 aromatic carbocycles. The van der Waals surface area contributed by atoms with Gasteiger partial charge >= 0.3 is 11.9 Å². The van der Waals surface area contributed by atoms with E-state index in [4.69, 9.17) is 5.11 Å². The van der Waals surface area contributed by atoms with Crippen molar-refractivity contribution >= 4 is 11.9 Å². The van der Waals surface area contributed by atoms with E-state index >= 15 is 0 Å². The Morgan fingerprint density at radius 3 is 2.10 bits per heavy atom. The summed E-state index contributed by atoms with van der Waals surface area (Å²) in [5.41, 5.74) is 0. The number of rotatable bonds is 6. The van der Waals surface area contributed by atoms with Crippen molar-refractivity contribution in [3.63, 3.8) is 0 Å². The molecule has 2 heterocycles. The van der Waals surface area contributed by atoms with Gasteiger partial charge in [-0.2, -0.15) is 0 Å². The maximum absolute atomic E-state index is 11.2. The summed E-state index contributed by atoms with van der Waals surface area (Å²) in [5, 5.41) is 18.3. The second-order valence-electron chi connectivity index (χ2n) is 5.88. The van der Waals surface area contributed by atoms with Gasteiger partial charge in [0.05, 0.1) is 11.8 Å². The molecule has 0 aromatic heterocycles. The van der Waals surface area contributed by atoms with Crippen molar-refractivity contribution in [2.45, 2.75) is 25.7 Å². The molecule has 2 N–H and O–H groups in total. The monoisotopic (exact) mass is 284 g/mol. The Morgan fingerprint density at radius 1 is 0.900 bits per heavy atom. The number of aliphatic carboxylic acids is 2. The first kappa shape index (κ1) is 15.3. The van der Waals surface area contributed by atoms with Crippen molar-refractivity contribution < 1.29 is 19.8 Å². The van der Waals surface area contributed by atoms with E-state index in [9.17, 15) is 14.7 Å². The van der Waals surface area contributed by atoms with E-state index in [1.165, 1.54) is 25.9 Å². The first-order chi connectivity index (χ1) is 9.58. The zero-order valence-corrected chi connectivity index (χ0v) is 11.8. The molecule has 2 fully saturated rings. The summed E-state index contributed by atoms with van der Waals surface area (Å²) in [5.74, 6) is -3.47. The van der Waals surface area contributed by atoms with Gasteiger partial charge in [0, 0.05) is 6.54 Å². The van der Waals surface area contributed by atoms with Gasteiger partial charge in [-0.3, -0.25) is 9.59 Å². The molecule has 6 heteroatoms. The van der Waals surface area contributed by atoms with Gasteiger partial charge in [-0.05, 0) is 58.4 Å². The van der Waals surface area contributed by atoms with Crippen molar-refractivity contribution in [3.8, 4) is 0 Å². The van der Waals surface area contributed by atoms with Crippen LogP contribution in [0, 0.1) is 11.8 Å². The topological polar surface area (TPSA) is 81.1 Å². The molecule has 2 rings (SSSR count). The molecular formula is C14H24N2O4. The fourth-order valence-corrected chi connectivity index (χ4v) is 3.29. The molecule has 0 spiro atoms. The van der Waals surface area contributed by atoms with Crippen LogP contribution in [0.1, 0.15) is 25.7 Å². The highest BCUT2D eigenvalue weighted by atomic mass is 16.4. The van der Waals surface area contributed by atoms with Crippen LogP contribution in [-0.2, 0) is 9.59 Å². The largest absolute Gasteiger partial charge is 0.481 e. The van der Waals surface area contributed by atoms with Crippen LogP contribution in [0.2, 0.25) is 0 Å². The number of hydrogen-bond acceptors (Lipinski definition) is 4. The number of hydrogen-bond donors (Lipinski definition) is 2. The smallest absolute Gasteiger partial charge is 0.308 e. The fraction of sp³-hybridized carbons (Fsp3) is 0.857. The Morgan fingerprint density at radius 2 is 1.50 bits per heavy atom. The molecule has 2 aliphatic rings. The number of carboxylic acid groups (broad SMARTS) is 2. The van der Waals surface area contributed by atoms with E-state index in [2.05, 4.69) is 9.80 Å². The normalized spacial score (nSPS) is 28.6. The second-order valence-corrected chi connectivity index (χ2v) is 5.88. The van der Waals surface area contributed by atoms with E-state index in [0.29, 0.717) is 19.5 Å². The van der Waals surface area contributed by atoms with Crippen LogP contribution in [0.4, 0.5) is 0 Å². The summed E-state index contributed by atoms with van der Waals surface area (Å²) in [7, 11) is 0. The van der Waals surface area contributed by atoms with Gasteiger partial charge in [-0.25, -0.2) is 0 Å². The lowest BCUT2D eigenvalue weighted by Gasteiger charge is -2.34. The average Bonchev–Trinajstić information content (AvgIpc) is 2.91. The summed E-state index contributed by atoms with van der Waals surface area (Å²) in [6.45, 7) is 5.36. The Hall–Kier alpha value is -1.14. The SMILES string of the molecule is O=C(O)C1CCN(CCCN2CCCC2)CC1C(=O)O. The lowest BCUT2D eigenvalue weighted by Crippen LogP contribution is -2.47. The molecule has 0 amide bonds. The third kappa shape index (κ3) is 3.93. The number of likely N-dealkylation sites (tertiary alicyclic amines) is 2. The predicted molar refractivity (Wildman–Crippen MR) is 73.6 cm³/mol. The Bertz CT molecular complexity index is 355. The molecule has 2 unspecified atom stereocenters. The molecule has 2 atom stereocenters. The molecule has 20 heavy (non-hydrogen) atoms. The first-order valence-electron chi connectivity index (χ1n) is 7.48. The quantitative estimate of drug-likeness (QED) is 0.742. The minimum absolute atomic E-state index is 0.367. The van der Waals surface area contributed by atoms with E-state index in [0.717, 1.165) is 19.5 Å². The highest BCUT2D eigenvalue weighted by molar-refractivity contribution is 5.80. The Labute approximate surface area is 119 Å². The third-order valence-corrected chi connectivity index (χ3v) is 4.48. The zero-order chi connectivity index (χ0) is 14.5. The number of piperidine rings is 1. The molecule has 114 valence electrons. The van der Waals surface area contributed by atoms with Crippen molar-refractivity contribution in [1.82, 2.24) is 9.80 Å². The van der Waals surface area contributed by atoms with Gasteiger partial charge in [0.15, 0.2) is 0 Å². The van der Waals surface area contributed by atoms with Crippen molar-refractivity contribution in [1.29, 1.82) is 0 Å². The molecule has 2 saturated heterocycles. The van der Waals surface area contributed by atoms with Crippen LogP contribution in [0.15, 0.2) is 0 Å². The minimum Gasteiger partial charge on any atom is -0.481 e. The Balaban J connectivity index is 1.76. The van der Waals surface area contributed by atoms with E-state index in [1.807, 2.05) is 0 Å². The fourth-order valence-electron chi connectivity index (χ4n) is 3.29. The molecule has 0 bridgehead atoms. The second kappa shape index (κ2) is 7.04. The number of carbonyl (C=O) groups is 2. The van der Waals surface area contributed by atoms with Gasteiger partial charge in [0.1, 0.15) is 0 Å². The lowest BCUT2D eigenvalue weighted by atomic mass is 9.85. The van der Waals surface area contributed by atoms with Gasteiger partial charge < -0.3 is 20.0 Å². The summed E-state index contributed by atoms with van der Waals surface area (Å²) >= 11 is 0. The summed E-state index contributed by atoms with van der Waals surface area (Å²) in [6.07, 6.45) is 4.04. The van der Waals surface area contributed by atoms with Crippen molar-refractivity contribution in [2.24, 2.45) is 11.8 Å². The van der Waals surface area contributed by atoms with Crippen molar-refractivity contribution in [2.75, 3.05) is 39.3 Å². The molecule has 2 aliphatic heterocycles. The molecule has 0 aromatic rings. The van der Waals surface area contributed by atoms with Gasteiger partial charge in [-0.15, -0.1) is 0 Å². The third-order valence-electron chi connectivity index (χ3n) is 4.48. The highest BCUT2D eigenvalue weighted by Crippen LogP contribution is 2.24. The minimum atomic E-state index is -0.985. The van der Waals surface area contributed by atoms with Gasteiger partial charge in [0.25, 0.3) is 0 Å². The van der Waals surface area contributed by atoms with Crippen LogP contribution in [0.25, 0.3) is 0 Å². The molecule has 0 radical (unpaired) electrons. The maximum Gasteiger partial charge on any atom is 0.308 e. The van der Waals surface area contributed by atoms with E-state index in [-0.39, 0.29) is 0 Å². The summed E-state index contributed by atoms with van der Waals surface area (Å²) < 4.78 is 0. The highest BCUT2D eigenvalue weighted by Gasteiger charge is 2.38. The van der Waals surface area contributed by atoms with Crippen LogP contribution in [0.5, 0.6) is 0 Å². The van der Waals surface area contributed by atoms with Crippen LogP contribution < -0.4 is 0 Å². The van der Waals surface area contributed by atoms with Crippen LogP contribution >= 0.6 is 0 Å².